The molecule has 6 heteroatoms. The summed E-state index contributed by atoms with van der Waals surface area (Å²) in [5.74, 6) is -0.158. The largest absolute Gasteiger partial charge is 0.330 e. The van der Waals surface area contributed by atoms with Gasteiger partial charge >= 0.3 is 0 Å². The van der Waals surface area contributed by atoms with Crippen LogP contribution in [0.5, 0.6) is 0 Å². The first-order chi connectivity index (χ1) is 13.1. The first kappa shape index (κ1) is 18.9. The maximum Gasteiger partial charge on any atom is 0.254 e. The molecule has 0 spiro atoms. The molecule has 1 aromatic heterocycles. The smallest absolute Gasteiger partial charge is 0.254 e. The standard InChI is InChI=1S/C21H15Cl2N3O/c22-19-8-7-18(20(23)10-19)14-26(13-16-2-1-9-25-12-16)21(27)17-5-3-15(11-24)4-6-17/h1-10,12H,13-14H2. The van der Waals surface area contributed by atoms with E-state index in [1.54, 1.807) is 53.7 Å². The van der Waals surface area contributed by atoms with Crippen LogP contribution in [0.25, 0.3) is 0 Å². The second kappa shape index (κ2) is 8.68. The highest BCUT2D eigenvalue weighted by Gasteiger charge is 2.18. The van der Waals surface area contributed by atoms with Crippen molar-refractivity contribution in [3.63, 3.8) is 0 Å². The second-order valence-corrected chi connectivity index (χ2v) is 6.79. The molecule has 3 rings (SSSR count). The van der Waals surface area contributed by atoms with Crippen molar-refractivity contribution in [3.8, 4) is 6.07 Å². The van der Waals surface area contributed by atoms with E-state index in [9.17, 15) is 4.79 Å². The molecule has 0 aliphatic heterocycles. The number of halogens is 2. The Balaban J connectivity index is 1.90. The molecule has 0 unspecified atom stereocenters. The molecule has 134 valence electrons. The molecule has 3 aromatic rings. The summed E-state index contributed by atoms with van der Waals surface area (Å²) in [6.45, 7) is 0.704. The van der Waals surface area contributed by atoms with E-state index in [4.69, 9.17) is 28.5 Å². The molecule has 27 heavy (non-hydrogen) atoms. The Morgan fingerprint density at radius 2 is 1.85 bits per heavy atom. The van der Waals surface area contributed by atoms with Gasteiger partial charge < -0.3 is 4.90 Å². The molecule has 4 nitrogen and oxygen atoms in total. The third kappa shape index (κ3) is 4.85. The van der Waals surface area contributed by atoms with E-state index in [1.165, 1.54) is 0 Å². The van der Waals surface area contributed by atoms with Crippen LogP contribution in [-0.4, -0.2) is 15.8 Å². The van der Waals surface area contributed by atoms with Crippen LogP contribution in [0.15, 0.2) is 67.0 Å². The van der Waals surface area contributed by atoms with Crippen LogP contribution in [0, 0.1) is 11.3 Å². The first-order valence-corrected chi connectivity index (χ1v) is 8.94. The van der Waals surface area contributed by atoms with Gasteiger partial charge in [-0.2, -0.15) is 5.26 Å². The average Bonchev–Trinajstić information content (AvgIpc) is 2.69. The van der Waals surface area contributed by atoms with E-state index in [1.807, 2.05) is 18.2 Å². The van der Waals surface area contributed by atoms with Crippen LogP contribution in [0.3, 0.4) is 0 Å². The maximum absolute atomic E-state index is 13.1. The van der Waals surface area contributed by atoms with Crippen molar-refractivity contribution in [2.45, 2.75) is 13.1 Å². The molecule has 0 saturated carbocycles. The topological polar surface area (TPSA) is 57.0 Å². The van der Waals surface area contributed by atoms with Crippen molar-refractivity contribution < 1.29 is 4.79 Å². The fourth-order valence-corrected chi connectivity index (χ4v) is 3.11. The van der Waals surface area contributed by atoms with Gasteiger partial charge in [-0.25, -0.2) is 0 Å². The third-order valence-corrected chi connectivity index (χ3v) is 4.61. The lowest BCUT2D eigenvalue weighted by Gasteiger charge is -2.23. The number of rotatable bonds is 5. The summed E-state index contributed by atoms with van der Waals surface area (Å²) in [6, 6.07) is 17.6. The molecular formula is C21H15Cl2N3O. The van der Waals surface area contributed by atoms with Gasteiger partial charge in [0.05, 0.1) is 11.6 Å². The number of nitriles is 1. The average molecular weight is 396 g/mol. The van der Waals surface area contributed by atoms with E-state index in [2.05, 4.69) is 11.1 Å². The van der Waals surface area contributed by atoms with E-state index >= 15 is 0 Å². The van der Waals surface area contributed by atoms with Crippen molar-refractivity contribution in [2.24, 2.45) is 0 Å². The minimum absolute atomic E-state index is 0.158. The Bertz CT molecular complexity index is 983. The monoisotopic (exact) mass is 395 g/mol. The summed E-state index contributed by atoms with van der Waals surface area (Å²) in [6.07, 6.45) is 3.41. The molecule has 0 saturated heterocycles. The summed E-state index contributed by atoms with van der Waals surface area (Å²) < 4.78 is 0. The molecule has 0 fully saturated rings. The Kier molecular flexibility index (Phi) is 6.08. The summed E-state index contributed by atoms with van der Waals surface area (Å²) in [4.78, 5) is 18.9. The number of benzene rings is 2. The van der Waals surface area contributed by atoms with Gasteiger partial charge in [0.15, 0.2) is 0 Å². The number of aromatic nitrogens is 1. The lowest BCUT2D eigenvalue weighted by molar-refractivity contribution is 0.0730. The fraction of sp³-hybridized carbons (Fsp3) is 0.0952. The highest BCUT2D eigenvalue weighted by atomic mass is 35.5. The Morgan fingerprint density at radius 3 is 2.48 bits per heavy atom. The number of nitrogens with zero attached hydrogens (tertiary/aromatic N) is 3. The maximum atomic E-state index is 13.1. The zero-order valence-electron chi connectivity index (χ0n) is 14.3. The number of hydrogen-bond acceptors (Lipinski definition) is 3. The van der Waals surface area contributed by atoms with E-state index in [-0.39, 0.29) is 5.91 Å². The third-order valence-electron chi connectivity index (χ3n) is 4.02. The lowest BCUT2D eigenvalue weighted by atomic mass is 10.1. The Morgan fingerprint density at radius 1 is 1.07 bits per heavy atom. The minimum Gasteiger partial charge on any atom is -0.330 e. The molecule has 1 heterocycles. The van der Waals surface area contributed by atoms with Crippen molar-refractivity contribution in [2.75, 3.05) is 0 Å². The van der Waals surface area contributed by atoms with Crippen LogP contribution in [0.4, 0.5) is 0 Å². The zero-order valence-corrected chi connectivity index (χ0v) is 15.8. The van der Waals surface area contributed by atoms with Crippen molar-refractivity contribution >= 4 is 29.1 Å². The van der Waals surface area contributed by atoms with Crippen molar-refractivity contribution in [1.82, 2.24) is 9.88 Å². The number of carbonyl (C=O) groups is 1. The molecule has 0 aliphatic carbocycles. The number of hydrogen-bond donors (Lipinski definition) is 0. The van der Waals surface area contributed by atoms with Gasteiger partial charge in [0.2, 0.25) is 0 Å². The highest BCUT2D eigenvalue weighted by Crippen LogP contribution is 2.24. The van der Waals surface area contributed by atoms with Gasteiger partial charge in [-0.15, -0.1) is 0 Å². The van der Waals surface area contributed by atoms with Gasteiger partial charge in [-0.3, -0.25) is 9.78 Å². The summed E-state index contributed by atoms with van der Waals surface area (Å²) in [5, 5.41) is 9.99. The van der Waals surface area contributed by atoms with E-state index < -0.39 is 0 Å². The van der Waals surface area contributed by atoms with Gasteiger partial charge in [0.25, 0.3) is 5.91 Å². The van der Waals surface area contributed by atoms with Crippen LogP contribution in [0.2, 0.25) is 10.0 Å². The number of amides is 1. The molecule has 1 amide bonds. The fourth-order valence-electron chi connectivity index (χ4n) is 2.64. The van der Waals surface area contributed by atoms with Crippen LogP contribution >= 0.6 is 23.2 Å². The normalized spacial score (nSPS) is 10.3. The molecule has 0 N–H and O–H groups in total. The lowest BCUT2D eigenvalue weighted by Crippen LogP contribution is -2.30. The van der Waals surface area contributed by atoms with Gasteiger partial charge in [0, 0.05) is 41.1 Å². The molecular weight excluding hydrogens is 381 g/mol. The van der Waals surface area contributed by atoms with Crippen molar-refractivity contribution in [1.29, 1.82) is 5.26 Å². The quantitative estimate of drug-likeness (QED) is 0.603. The van der Waals surface area contributed by atoms with Crippen LogP contribution in [-0.2, 0) is 13.1 Å². The molecule has 0 atom stereocenters. The molecule has 0 bridgehead atoms. The first-order valence-electron chi connectivity index (χ1n) is 8.19. The Hall–Kier alpha value is -2.87. The predicted molar refractivity (Wildman–Crippen MR) is 105 cm³/mol. The summed E-state index contributed by atoms with van der Waals surface area (Å²) in [5.41, 5.74) is 2.71. The molecule has 0 radical (unpaired) electrons. The Labute approximate surface area is 167 Å². The SMILES string of the molecule is N#Cc1ccc(C(=O)N(Cc2cccnc2)Cc2ccc(Cl)cc2Cl)cc1. The minimum atomic E-state index is -0.158. The van der Waals surface area contributed by atoms with E-state index in [0.29, 0.717) is 34.3 Å². The second-order valence-electron chi connectivity index (χ2n) is 5.95. The van der Waals surface area contributed by atoms with Gasteiger partial charge in [0.1, 0.15) is 0 Å². The summed E-state index contributed by atoms with van der Waals surface area (Å²) >= 11 is 12.3. The number of carbonyl (C=O) groups excluding carboxylic acids is 1. The van der Waals surface area contributed by atoms with E-state index in [0.717, 1.165) is 11.1 Å². The van der Waals surface area contributed by atoms with Crippen LogP contribution in [0.1, 0.15) is 27.0 Å². The predicted octanol–water partition coefficient (Wildman–Crippen LogP) is 5.10. The van der Waals surface area contributed by atoms with Gasteiger partial charge in [-0.05, 0) is 53.6 Å². The molecule has 2 aromatic carbocycles. The van der Waals surface area contributed by atoms with Gasteiger partial charge in [-0.1, -0.05) is 35.3 Å². The molecule has 0 aliphatic rings. The highest BCUT2D eigenvalue weighted by molar-refractivity contribution is 6.35. The zero-order chi connectivity index (χ0) is 19.2. The van der Waals surface area contributed by atoms with Crippen LogP contribution < -0.4 is 0 Å². The summed E-state index contributed by atoms with van der Waals surface area (Å²) in [7, 11) is 0. The van der Waals surface area contributed by atoms with Crippen molar-refractivity contribution in [3.05, 3.63) is 99.3 Å². The number of pyridine rings is 1.